The van der Waals surface area contributed by atoms with Gasteiger partial charge in [0.15, 0.2) is 0 Å². The minimum Gasteiger partial charge on any atom is -0.480 e. The van der Waals surface area contributed by atoms with E-state index in [1.807, 2.05) is 0 Å². The Balaban J connectivity index is 2.83. The minimum atomic E-state index is -1.13. The van der Waals surface area contributed by atoms with Crippen LogP contribution in [0.3, 0.4) is 0 Å². The van der Waals surface area contributed by atoms with Gasteiger partial charge in [-0.15, -0.1) is 0 Å². The van der Waals surface area contributed by atoms with Gasteiger partial charge in [-0.25, -0.2) is 4.79 Å². The molecule has 6 heteroatoms. The van der Waals surface area contributed by atoms with Crippen LogP contribution in [0.4, 0.5) is 0 Å². The zero-order chi connectivity index (χ0) is 13.1. The van der Waals surface area contributed by atoms with Crippen LogP contribution in [0.5, 0.6) is 0 Å². The van der Waals surface area contributed by atoms with E-state index in [0.29, 0.717) is 0 Å². The highest BCUT2D eigenvalue weighted by Crippen LogP contribution is 2.18. The Morgan fingerprint density at radius 3 is 2.53 bits per heavy atom. The highest BCUT2D eigenvalue weighted by atomic mass is 32.1. The third-order valence-electron chi connectivity index (χ3n) is 2.13. The molecular weight excluding hydrogens is 240 g/mol. The molecule has 92 valence electrons. The molecule has 0 aromatic carbocycles. The molecule has 1 aromatic heterocycles. The Labute approximate surface area is 105 Å². The number of rotatable bonds is 4. The summed E-state index contributed by atoms with van der Waals surface area (Å²) in [4.78, 5) is 26.6. The molecule has 0 aliphatic heterocycles. The van der Waals surface area contributed by atoms with Crippen LogP contribution in [0.25, 0.3) is 0 Å². The summed E-state index contributed by atoms with van der Waals surface area (Å²) >= 11 is 4.16. The maximum atomic E-state index is 11.7. The summed E-state index contributed by atoms with van der Waals surface area (Å²) in [6, 6.07) is 3.76. The van der Waals surface area contributed by atoms with Crippen molar-refractivity contribution in [3.63, 3.8) is 0 Å². The van der Waals surface area contributed by atoms with Gasteiger partial charge in [0.1, 0.15) is 11.7 Å². The highest BCUT2D eigenvalue weighted by Gasteiger charge is 2.33. The maximum Gasteiger partial charge on any atom is 0.327 e. The Kier molecular flexibility index (Phi) is 4.11. The topological polar surface area (TPSA) is 79.3 Å². The van der Waals surface area contributed by atoms with E-state index in [2.05, 4.69) is 22.9 Å². The average Bonchev–Trinajstić information content (AvgIpc) is 2.24. The lowest BCUT2D eigenvalue weighted by Gasteiger charge is -2.26. The lowest BCUT2D eigenvalue weighted by molar-refractivity contribution is -0.139. The number of amides is 1. The molecule has 0 saturated heterocycles. The van der Waals surface area contributed by atoms with Gasteiger partial charge in [-0.1, -0.05) is 6.07 Å². The van der Waals surface area contributed by atoms with E-state index in [0.717, 1.165) is 0 Å². The predicted molar refractivity (Wildman–Crippen MR) is 66.2 cm³/mol. The zero-order valence-corrected chi connectivity index (χ0v) is 10.4. The first-order valence-corrected chi connectivity index (χ1v) is 5.44. The Hall–Kier alpha value is -1.56. The standard InChI is InChI=1S/C11H14N2O3S/c1-11(2,17)8(10(15)16)13-9(14)7-5-3-4-6-12-7/h3-6,8,17H,1-2H3,(H,13,14)(H,15,16). The van der Waals surface area contributed by atoms with Crippen LogP contribution in [0, 0.1) is 0 Å². The average molecular weight is 254 g/mol. The largest absolute Gasteiger partial charge is 0.480 e. The summed E-state index contributed by atoms with van der Waals surface area (Å²) in [5.74, 6) is -1.66. The van der Waals surface area contributed by atoms with Crippen molar-refractivity contribution in [2.24, 2.45) is 0 Å². The fraction of sp³-hybridized carbons (Fsp3) is 0.364. The van der Waals surface area contributed by atoms with Crippen molar-refractivity contribution in [3.8, 4) is 0 Å². The monoisotopic (exact) mass is 254 g/mol. The SMILES string of the molecule is CC(C)(S)C(NC(=O)c1ccccn1)C(=O)O. The molecule has 0 aliphatic rings. The fourth-order valence-corrected chi connectivity index (χ4v) is 1.42. The summed E-state index contributed by atoms with van der Waals surface area (Å²) < 4.78 is -0.865. The van der Waals surface area contributed by atoms with E-state index in [1.165, 1.54) is 12.3 Å². The van der Waals surface area contributed by atoms with Crippen molar-refractivity contribution in [1.82, 2.24) is 10.3 Å². The van der Waals surface area contributed by atoms with Crippen molar-refractivity contribution in [3.05, 3.63) is 30.1 Å². The normalized spacial score (nSPS) is 12.9. The number of carbonyl (C=O) groups is 2. The van der Waals surface area contributed by atoms with Crippen molar-refractivity contribution < 1.29 is 14.7 Å². The predicted octanol–water partition coefficient (Wildman–Crippen LogP) is 0.973. The van der Waals surface area contributed by atoms with Gasteiger partial charge >= 0.3 is 5.97 Å². The first-order chi connectivity index (χ1) is 7.82. The number of nitrogens with zero attached hydrogens (tertiary/aromatic N) is 1. The molecule has 1 aromatic rings. The molecule has 1 amide bonds. The molecule has 0 spiro atoms. The van der Waals surface area contributed by atoms with Crippen molar-refractivity contribution in [1.29, 1.82) is 0 Å². The van der Waals surface area contributed by atoms with Crippen molar-refractivity contribution >= 4 is 24.5 Å². The van der Waals surface area contributed by atoms with Gasteiger partial charge in [-0.3, -0.25) is 9.78 Å². The minimum absolute atomic E-state index is 0.177. The Bertz CT molecular complexity index is 414. The molecule has 1 unspecified atom stereocenters. The first kappa shape index (κ1) is 13.5. The third-order valence-corrected chi connectivity index (χ3v) is 2.38. The number of thiol groups is 1. The van der Waals surface area contributed by atoms with E-state index in [4.69, 9.17) is 5.11 Å². The third kappa shape index (κ3) is 3.74. The number of carboxylic acid groups (broad SMARTS) is 1. The molecule has 1 atom stereocenters. The summed E-state index contributed by atoms with van der Waals surface area (Å²) in [5.41, 5.74) is 0.177. The van der Waals surface area contributed by atoms with Crippen molar-refractivity contribution in [2.75, 3.05) is 0 Å². The zero-order valence-electron chi connectivity index (χ0n) is 9.54. The fourth-order valence-electron chi connectivity index (χ4n) is 1.24. The maximum absolute atomic E-state index is 11.7. The van der Waals surface area contributed by atoms with Crippen LogP contribution in [0.1, 0.15) is 24.3 Å². The summed E-state index contributed by atoms with van der Waals surface area (Å²) in [5, 5.41) is 11.4. The van der Waals surface area contributed by atoms with Gasteiger partial charge in [0.05, 0.1) is 0 Å². The van der Waals surface area contributed by atoms with E-state index in [1.54, 1.807) is 26.0 Å². The quantitative estimate of drug-likeness (QED) is 0.700. The summed E-state index contributed by atoms with van der Waals surface area (Å²) in [6.07, 6.45) is 1.47. The molecule has 0 aliphatic carbocycles. The number of carboxylic acids is 1. The molecule has 17 heavy (non-hydrogen) atoms. The first-order valence-electron chi connectivity index (χ1n) is 4.99. The molecule has 2 N–H and O–H groups in total. The number of aliphatic carboxylic acids is 1. The van der Waals surface area contributed by atoms with E-state index >= 15 is 0 Å². The second-order valence-electron chi connectivity index (χ2n) is 4.11. The molecular formula is C11H14N2O3S. The molecule has 1 rings (SSSR count). The van der Waals surface area contributed by atoms with Gasteiger partial charge in [-0.05, 0) is 26.0 Å². The van der Waals surface area contributed by atoms with Gasteiger partial charge < -0.3 is 10.4 Å². The number of aromatic nitrogens is 1. The van der Waals surface area contributed by atoms with Crippen LogP contribution in [-0.4, -0.2) is 32.8 Å². The Morgan fingerprint density at radius 1 is 1.47 bits per heavy atom. The summed E-state index contributed by atoms with van der Waals surface area (Å²) in [7, 11) is 0. The molecule has 0 saturated carbocycles. The van der Waals surface area contributed by atoms with Crippen LogP contribution in [0.2, 0.25) is 0 Å². The lowest BCUT2D eigenvalue weighted by atomic mass is 10.0. The van der Waals surface area contributed by atoms with Gasteiger partial charge in [-0.2, -0.15) is 12.6 Å². The number of pyridine rings is 1. The second kappa shape index (κ2) is 5.18. The van der Waals surface area contributed by atoms with Gasteiger partial charge in [0.2, 0.25) is 0 Å². The number of hydrogen-bond donors (Lipinski definition) is 3. The van der Waals surface area contributed by atoms with Crippen LogP contribution < -0.4 is 5.32 Å². The number of hydrogen-bond acceptors (Lipinski definition) is 4. The molecule has 0 radical (unpaired) electrons. The second-order valence-corrected chi connectivity index (χ2v) is 5.27. The molecule has 0 bridgehead atoms. The molecule has 5 nitrogen and oxygen atoms in total. The smallest absolute Gasteiger partial charge is 0.327 e. The number of carbonyl (C=O) groups excluding carboxylic acids is 1. The Morgan fingerprint density at radius 2 is 2.12 bits per heavy atom. The van der Waals surface area contributed by atoms with E-state index in [-0.39, 0.29) is 5.69 Å². The lowest BCUT2D eigenvalue weighted by Crippen LogP contribution is -2.51. The van der Waals surface area contributed by atoms with Crippen molar-refractivity contribution in [2.45, 2.75) is 24.6 Å². The van der Waals surface area contributed by atoms with Gasteiger partial charge in [0.25, 0.3) is 5.91 Å². The van der Waals surface area contributed by atoms with Crippen LogP contribution in [-0.2, 0) is 4.79 Å². The van der Waals surface area contributed by atoms with Crippen LogP contribution >= 0.6 is 12.6 Å². The van der Waals surface area contributed by atoms with E-state index < -0.39 is 22.7 Å². The number of nitrogens with one attached hydrogen (secondary N) is 1. The van der Waals surface area contributed by atoms with E-state index in [9.17, 15) is 9.59 Å². The molecule has 1 heterocycles. The highest BCUT2D eigenvalue weighted by molar-refractivity contribution is 7.81. The molecule has 0 fully saturated rings. The van der Waals surface area contributed by atoms with Crippen LogP contribution in [0.15, 0.2) is 24.4 Å². The summed E-state index contributed by atoms with van der Waals surface area (Å²) in [6.45, 7) is 3.24. The van der Waals surface area contributed by atoms with Gasteiger partial charge in [0, 0.05) is 10.9 Å².